The van der Waals surface area contributed by atoms with Gasteiger partial charge in [-0.3, -0.25) is 0 Å². The minimum absolute atomic E-state index is 0.381. The molecule has 35 heavy (non-hydrogen) atoms. The predicted molar refractivity (Wildman–Crippen MR) is 149 cm³/mol. The van der Waals surface area contributed by atoms with Gasteiger partial charge in [0.2, 0.25) is 0 Å². The molecule has 0 aliphatic rings. The Kier molecular flexibility index (Phi) is 7.76. The molecule has 180 valence electrons. The molecule has 1 heteroatoms. The van der Waals surface area contributed by atoms with Crippen molar-refractivity contribution < 1.29 is 5.11 Å². The van der Waals surface area contributed by atoms with E-state index in [-0.39, 0.29) is 0 Å². The first-order valence-electron chi connectivity index (χ1n) is 12.9. The van der Waals surface area contributed by atoms with Gasteiger partial charge in [-0.15, -0.1) is 0 Å². The molecule has 4 aromatic carbocycles. The highest BCUT2D eigenvalue weighted by molar-refractivity contribution is 5.45. The van der Waals surface area contributed by atoms with Crippen LogP contribution in [0.3, 0.4) is 0 Å². The van der Waals surface area contributed by atoms with Gasteiger partial charge >= 0.3 is 0 Å². The van der Waals surface area contributed by atoms with Crippen LogP contribution in [0.25, 0.3) is 0 Å². The van der Waals surface area contributed by atoms with Gasteiger partial charge in [-0.25, -0.2) is 0 Å². The van der Waals surface area contributed by atoms with Crippen molar-refractivity contribution in [2.75, 3.05) is 0 Å². The highest BCUT2D eigenvalue weighted by Crippen LogP contribution is 2.35. The Bertz CT molecular complexity index is 1270. The molecule has 0 aliphatic heterocycles. The molecule has 2 atom stereocenters. The molecule has 0 saturated carbocycles. The minimum atomic E-state index is 0.381. The smallest absolute Gasteiger partial charge is 0.119 e. The van der Waals surface area contributed by atoms with E-state index in [0.29, 0.717) is 23.5 Å². The summed E-state index contributed by atoms with van der Waals surface area (Å²) < 4.78 is 0. The van der Waals surface area contributed by atoms with Crippen molar-refractivity contribution in [1.82, 2.24) is 0 Å². The van der Waals surface area contributed by atoms with E-state index >= 15 is 0 Å². The van der Waals surface area contributed by atoms with E-state index in [1.807, 2.05) is 6.07 Å². The first kappa shape index (κ1) is 24.8. The second-order valence-corrected chi connectivity index (χ2v) is 10.3. The maximum atomic E-state index is 11.0. The summed E-state index contributed by atoms with van der Waals surface area (Å²) in [6.07, 6.45) is 1.57. The van der Waals surface area contributed by atoms with Gasteiger partial charge in [-0.2, -0.15) is 0 Å². The molecule has 4 aromatic rings. The summed E-state index contributed by atoms with van der Waals surface area (Å²) in [7, 11) is 0. The standard InChI is InChI=1S/C34H38O/c1-23(2)29-17-15-24(3)32(21-29)19-27-16-18-31(34(35)20-27)22-30-13-9-10-14-33(30)26(5)25(4)28-11-7-6-8-12-28/h6-18,20-21,23,25-26,35H,19,22H2,1-5H3. The highest BCUT2D eigenvalue weighted by Gasteiger charge is 2.19. The Balaban J connectivity index is 1.55. The molecular formula is C34H38O. The third-order valence-electron chi connectivity index (χ3n) is 7.59. The quantitative estimate of drug-likeness (QED) is 0.277. The molecule has 1 N–H and O–H groups in total. The van der Waals surface area contributed by atoms with Gasteiger partial charge in [0, 0.05) is 6.42 Å². The number of rotatable bonds is 8. The van der Waals surface area contributed by atoms with E-state index in [4.69, 9.17) is 0 Å². The number of phenols is 1. The maximum Gasteiger partial charge on any atom is 0.119 e. The van der Waals surface area contributed by atoms with E-state index in [9.17, 15) is 5.11 Å². The lowest BCUT2D eigenvalue weighted by atomic mass is 9.81. The molecule has 0 heterocycles. The molecule has 0 spiro atoms. The number of hydrogen-bond acceptors (Lipinski definition) is 1. The number of hydrogen-bond donors (Lipinski definition) is 1. The molecular weight excluding hydrogens is 424 g/mol. The van der Waals surface area contributed by atoms with Crippen LogP contribution in [0.2, 0.25) is 0 Å². The second-order valence-electron chi connectivity index (χ2n) is 10.3. The average Bonchev–Trinajstić information content (AvgIpc) is 2.87. The molecule has 0 aromatic heterocycles. The summed E-state index contributed by atoms with van der Waals surface area (Å²) in [6, 6.07) is 32.4. The molecule has 0 saturated heterocycles. The average molecular weight is 463 g/mol. The molecule has 2 unspecified atom stereocenters. The van der Waals surface area contributed by atoms with Crippen molar-refractivity contribution in [2.24, 2.45) is 0 Å². The molecule has 4 rings (SSSR count). The topological polar surface area (TPSA) is 20.2 Å². The lowest BCUT2D eigenvalue weighted by Crippen LogP contribution is -2.08. The van der Waals surface area contributed by atoms with Crippen LogP contribution in [0, 0.1) is 6.92 Å². The van der Waals surface area contributed by atoms with Crippen LogP contribution in [0.4, 0.5) is 0 Å². The Morgan fingerprint density at radius 2 is 1.31 bits per heavy atom. The van der Waals surface area contributed by atoms with Crippen LogP contribution >= 0.6 is 0 Å². The van der Waals surface area contributed by atoms with Gasteiger partial charge in [0.15, 0.2) is 0 Å². The van der Waals surface area contributed by atoms with Gasteiger partial charge in [-0.05, 0) is 81.7 Å². The third-order valence-corrected chi connectivity index (χ3v) is 7.59. The zero-order valence-electron chi connectivity index (χ0n) is 21.8. The van der Waals surface area contributed by atoms with E-state index in [2.05, 4.69) is 120 Å². The lowest BCUT2D eigenvalue weighted by Gasteiger charge is -2.24. The largest absolute Gasteiger partial charge is 0.508 e. The van der Waals surface area contributed by atoms with E-state index in [1.165, 1.54) is 33.4 Å². The summed E-state index contributed by atoms with van der Waals surface area (Å²) >= 11 is 0. The number of benzene rings is 4. The Morgan fingerprint density at radius 3 is 2.03 bits per heavy atom. The lowest BCUT2D eigenvalue weighted by molar-refractivity contribution is 0.468. The first-order valence-corrected chi connectivity index (χ1v) is 12.9. The number of aromatic hydroxyl groups is 1. The van der Waals surface area contributed by atoms with Crippen molar-refractivity contribution >= 4 is 0 Å². The molecule has 0 bridgehead atoms. The Labute approximate surface area is 211 Å². The SMILES string of the molecule is Cc1ccc(C(C)C)cc1Cc1ccc(Cc2ccccc2C(C)C(C)c2ccccc2)c(O)c1. The third kappa shape index (κ3) is 5.85. The zero-order chi connectivity index (χ0) is 24.9. The normalized spacial score (nSPS) is 13.1. The molecule has 0 amide bonds. The van der Waals surface area contributed by atoms with Crippen molar-refractivity contribution in [3.8, 4) is 5.75 Å². The second kappa shape index (κ2) is 11.0. The van der Waals surface area contributed by atoms with Crippen LogP contribution < -0.4 is 0 Å². The fourth-order valence-corrected chi connectivity index (χ4v) is 4.99. The summed E-state index contributed by atoms with van der Waals surface area (Å²) in [6.45, 7) is 11.2. The summed E-state index contributed by atoms with van der Waals surface area (Å²) in [5.74, 6) is 1.69. The van der Waals surface area contributed by atoms with Crippen molar-refractivity contribution in [3.05, 3.63) is 136 Å². The van der Waals surface area contributed by atoms with Crippen molar-refractivity contribution in [2.45, 2.75) is 65.2 Å². The number of aryl methyl sites for hydroxylation is 1. The van der Waals surface area contributed by atoms with Gasteiger partial charge in [0.25, 0.3) is 0 Å². The van der Waals surface area contributed by atoms with Gasteiger partial charge in [-0.1, -0.05) is 113 Å². The van der Waals surface area contributed by atoms with E-state index in [0.717, 1.165) is 24.0 Å². The van der Waals surface area contributed by atoms with Gasteiger partial charge in [0.1, 0.15) is 5.75 Å². The fourth-order valence-electron chi connectivity index (χ4n) is 4.99. The Morgan fingerprint density at radius 1 is 0.600 bits per heavy atom. The van der Waals surface area contributed by atoms with E-state index in [1.54, 1.807) is 0 Å². The monoisotopic (exact) mass is 462 g/mol. The zero-order valence-corrected chi connectivity index (χ0v) is 21.8. The molecule has 1 nitrogen and oxygen atoms in total. The summed E-state index contributed by atoms with van der Waals surface area (Å²) in [5.41, 5.74) is 10.1. The van der Waals surface area contributed by atoms with Crippen molar-refractivity contribution in [1.29, 1.82) is 0 Å². The molecule has 0 radical (unpaired) electrons. The van der Waals surface area contributed by atoms with Gasteiger partial charge in [0.05, 0.1) is 0 Å². The molecule has 0 aliphatic carbocycles. The van der Waals surface area contributed by atoms with Crippen LogP contribution in [0.15, 0.2) is 91.0 Å². The van der Waals surface area contributed by atoms with Crippen LogP contribution in [0.5, 0.6) is 5.75 Å². The highest BCUT2D eigenvalue weighted by atomic mass is 16.3. The predicted octanol–water partition coefficient (Wildman–Crippen LogP) is 8.91. The molecule has 0 fully saturated rings. The van der Waals surface area contributed by atoms with Crippen LogP contribution in [-0.2, 0) is 12.8 Å². The number of phenolic OH excluding ortho intramolecular Hbond substituents is 1. The van der Waals surface area contributed by atoms with E-state index < -0.39 is 0 Å². The fraction of sp³-hybridized carbons (Fsp3) is 0.294. The van der Waals surface area contributed by atoms with Gasteiger partial charge < -0.3 is 5.11 Å². The van der Waals surface area contributed by atoms with Crippen LogP contribution in [-0.4, -0.2) is 5.11 Å². The van der Waals surface area contributed by atoms with Crippen LogP contribution in [0.1, 0.15) is 90.0 Å². The first-order chi connectivity index (χ1) is 16.8. The summed E-state index contributed by atoms with van der Waals surface area (Å²) in [5, 5.41) is 11.0. The Hall–Kier alpha value is -3.32. The minimum Gasteiger partial charge on any atom is -0.508 e. The maximum absolute atomic E-state index is 11.0. The van der Waals surface area contributed by atoms with Crippen molar-refractivity contribution in [3.63, 3.8) is 0 Å². The summed E-state index contributed by atoms with van der Waals surface area (Å²) in [4.78, 5) is 0.